The van der Waals surface area contributed by atoms with Crippen molar-refractivity contribution in [2.24, 2.45) is 0 Å². The zero-order chi connectivity index (χ0) is 14.0. The van der Waals surface area contributed by atoms with E-state index in [0.29, 0.717) is 12.5 Å². The first-order valence-electron chi connectivity index (χ1n) is 6.60. The smallest absolute Gasteiger partial charge is 0.136 e. The first-order valence-corrected chi connectivity index (χ1v) is 7.75. The molecule has 1 aliphatic rings. The monoisotopic (exact) mass is 276 g/mol. The normalized spacial score (nSPS) is 19.8. The van der Waals surface area contributed by atoms with Crippen LogP contribution in [0.3, 0.4) is 0 Å². The topological polar surface area (TPSA) is 58.9 Å². The van der Waals surface area contributed by atoms with E-state index in [9.17, 15) is 4.55 Å². The first kappa shape index (κ1) is 14.4. The summed E-state index contributed by atoms with van der Waals surface area (Å²) in [6.45, 7) is 6.61. The Morgan fingerprint density at radius 2 is 2.21 bits per heavy atom. The van der Waals surface area contributed by atoms with E-state index in [2.05, 4.69) is 16.9 Å². The number of nitriles is 1. The molecule has 1 aromatic carbocycles. The standard InChI is InChI=1S/C15H20N2OS/c1-15(2,3)19(18)17-10-12-7-8-14-11(9-16)5-4-6-13(12)14/h4-6,12,17H,7-8,10H2,1-3H3/t12-,19+/m1/s1. The summed E-state index contributed by atoms with van der Waals surface area (Å²) in [5.41, 5.74) is 3.22. The molecule has 4 heteroatoms. The summed E-state index contributed by atoms with van der Waals surface area (Å²) in [7, 11) is 0. The molecular weight excluding hydrogens is 256 g/mol. The van der Waals surface area contributed by atoms with Crippen molar-refractivity contribution in [1.29, 1.82) is 5.26 Å². The van der Waals surface area contributed by atoms with Crippen LogP contribution < -0.4 is 4.72 Å². The van der Waals surface area contributed by atoms with Gasteiger partial charge in [-0.25, -0.2) is 0 Å². The minimum Gasteiger partial charge on any atom is -0.598 e. The Morgan fingerprint density at radius 1 is 1.47 bits per heavy atom. The molecule has 2 atom stereocenters. The molecule has 0 saturated heterocycles. The van der Waals surface area contributed by atoms with Crippen LogP contribution in [-0.4, -0.2) is 15.8 Å². The molecule has 1 aromatic rings. The van der Waals surface area contributed by atoms with Gasteiger partial charge in [-0.15, -0.1) is 4.72 Å². The highest BCUT2D eigenvalue weighted by atomic mass is 32.2. The van der Waals surface area contributed by atoms with Crippen LogP contribution in [0.2, 0.25) is 0 Å². The first-order chi connectivity index (χ1) is 8.93. The highest BCUT2D eigenvalue weighted by Crippen LogP contribution is 2.34. The van der Waals surface area contributed by atoms with E-state index in [1.165, 1.54) is 11.1 Å². The van der Waals surface area contributed by atoms with Gasteiger partial charge >= 0.3 is 0 Å². The van der Waals surface area contributed by atoms with Crippen molar-refractivity contribution < 1.29 is 4.55 Å². The molecule has 0 spiro atoms. The Labute approximate surface area is 118 Å². The Bertz CT molecular complexity index is 502. The molecule has 2 rings (SSSR count). The fourth-order valence-corrected chi connectivity index (χ4v) is 3.24. The van der Waals surface area contributed by atoms with Crippen molar-refractivity contribution in [2.45, 2.75) is 44.3 Å². The summed E-state index contributed by atoms with van der Waals surface area (Å²) in [6.07, 6.45) is 1.98. The predicted octanol–water partition coefficient (Wildman–Crippen LogP) is 2.64. The van der Waals surface area contributed by atoms with Crippen LogP contribution in [0.15, 0.2) is 18.2 Å². The second kappa shape index (κ2) is 5.54. The van der Waals surface area contributed by atoms with Crippen molar-refractivity contribution in [3.63, 3.8) is 0 Å². The SMILES string of the molecule is CC(C)(C)[S@+]([O-])NC[C@H]1CCc2c(C#N)cccc21. The van der Waals surface area contributed by atoms with Crippen molar-refractivity contribution in [3.8, 4) is 6.07 Å². The summed E-state index contributed by atoms with van der Waals surface area (Å²) in [5.74, 6) is 0.370. The summed E-state index contributed by atoms with van der Waals surface area (Å²) in [4.78, 5) is 0. The zero-order valence-corrected chi connectivity index (χ0v) is 12.5. The minimum atomic E-state index is -1.03. The summed E-state index contributed by atoms with van der Waals surface area (Å²) >= 11 is -1.03. The average molecular weight is 276 g/mol. The molecule has 19 heavy (non-hydrogen) atoms. The third-order valence-corrected chi connectivity index (χ3v) is 5.07. The maximum absolute atomic E-state index is 12.0. The Morgan fingerprint density at radius 3 is 2.84 bits per heavy atom. The molecule has 1 aliphatic carbocycles. The molecule has 102 valence electrons. The van der Waals surface area contributed by atoms with Crippen molar-refractivity contribution in [1.82, 2.24) is 4.72 Å². The Hall–Kier alpha value is -1.02. The lowest BCUT2D eigenvalue weighted by molar-refractivity contribution is 0.535. The van der Waals surface area contributed by atoms with Gasteiger partial charge in [-0.2, -0.15) is 5.26 Å². The summed E-state index contributed by atoms with van der Waals surface area (Å²) < 4.78 is 14.9. The second-order valence-electron chi connectivity index (χ2n) is 5.95. The number of rotatable bonds is 3. The van der Waals surface area contributed by atoms with E-state index in [1.807, 2.05) is 32.9 Å². The van der Waals surface area contributed by atoms with Crippen molar-refractivity contribution in [2.75, 3.05) is 6.54 Å². The Balaban J connectivity index is 2.06. The van der Waals surface area contributed by atoms with Gasteiger partial charge < -0.3 is 4.55 Å². The van der Waals surface area contributed by atoms with E-state index >= 15 is 0 Å². The molecule has 0 heterocycles. The van der Waals surface area contributed by atoms with Crippen molar-refractivity contribution >= 4 is 11.4 Å². The van der Waals surface area contributed by atoms with Gasteiger partial charge in [0.25, 0.3) is 0 Å². The molecular formula is C15H20N2OS. The van der Waals surface area contributed by atoms with Crippen LogP contribution in [0.1, 0.15) is 49.8 Å². The summed E-state index contributed by atoms with van der Waals surface area (Å²) in [5, 5.41) is 9.10. The molecule has 0 aliphatic heterocycles. The summed E-state index contributed by atoms with van der Waals surface area (Å²) in [6, 6.07) is 8.17. The number of benzene rings is 1. The van der Waals surface area contributed by atoms with E-state index in [1.54, 1.807) is 0 Å². The molecule has 3 nitrogen and oxygen atoms in total. The van der Waals surface area contributed by atoms with Gasteiger partial charge in [0.05, 0.1) is 11.6 Å². The lowest BCUT2D eigenvalue weighted by Crippen LogP contribution is -2.40. The predicted molar refractivity (Wildman–Crippen MR) is 78.1 cm³/mol. The van der Waals surface area contributed by atoms with E-state index in [-0.39, 0.29) is 4.75 Å². The minimum absolute atomic E-state index is 0.240. The second-order valence-corrected chi connectivity index (χ2v) is 8.00. The zero-order valence-electron chi connectivity index (χ0n) is 11.7. The van der Waals surface area contributed by atoms with Crippen LogP contribution in [0, 0.1) is 11.3 Å². The van der Waals surface area contributed by atoms with Crippen LogP contribution in [0.5, 0.6) is 0 Å². The third kappa shape index (κ3) is 3.11. The average Bonchev–Trinajstić information content (AvgIpc) is 2.77. The van der Waals surface area contributed by atoms with Crippen LogP contribution in [-0.2, 0) is 17.8 Å². The van der Waals surface area contributed by atoms with Gasteiger partial charge in [0.1, 0.15) is 4.75 Å². The largest absolute Gasteiger partial charge is 0.598 e. The molecule has 0 amide bonds. The quantitative estimate of drug-likeness (QED) is 0.863. The van der Waals surface area contributed by atoms with Gasteiger partial charge in [-0.3, -0.25) is 0 Å². The number of nitrogens with zero attached hydrogens (tertiary/aromatic N) is 1. The fourth-order valence-electron chi connectivity index (χ4n) is 2.45. The van der Waals surface area contributed by atoms with Crippen LogP contribution >= 0.6 is 0 Å². The van der Waals surface area contributed by atoms with E-state index < -0.39 is 11.4 Å². The van der Waals surface area contributed by atoms with Crippen LogP contribution in [0.4, 0.5) is 0 Å². The molecule has 0 radical (unpaired) electrons. The molecule has 0 saturated carbocycles. The van der Waals surface area contributed by atoms with Gasteiger partial charge in [-0.05, 0) is 50.8 Å². The highest BCUT2D eigenvalue weighted by molar-refractivity contribution is 7.90. The number of hydrogen-bond donors (Lipinski definition) is 1. The molecule has 0 unspecified atom stereocenters. The van der Waals surface area contributed by atoms with Gasteiger partial charge in [0.2, 0.25) is 0 Å². The number of hydrogen-bond acceptors (Lipinski definition) is 3. The van der Waals surface area contributed by atoms with E-state index in [4.69, 9.17) is 5.26 Å². The molecule has 1 N–H and O–H groups in total. The van der Waals surface area contributed by atoms with Gasteiger partial charge in [0, 0.05) is 23.8 Å². The van der Waals surface area contributed by atoms with E-state index in [0.717, 1.165) is 18.4 Å². The number of nitrogens with one attached hydrogen (secondary N) is 1. The lowest BCUT2D eigenvalue weighted by Gasteiger charge is -2.25. The molecule has 0 aromatic heterocycles. The highest BCUT2D eigenvalue weighted by Gasteiger charge is 2.30. The Kier molecular flexibility index (Phi) is 4.19. The lowest BCUT2D eigenvalue weighted by atomic mass is 9.99. The molecule has 0 fully saturated rings. The molecule has 0 bridgehead atoms. The fraction of sp³-hybridized carbons (Fsp3) is 0.533. The maximum Gasteiger partial charge on any atom is 0.136 e. The van der Waals surface area contributed by atoms with Gasteiger partial charge in [0.15, 0.2) is 0 Å². The third-order valence-electron chi connectivity index (χ3n) is 3.53. The van der Waals surface area contributed by atoms with Crippen LogP contribution in [0.25, 0.3) is 0 Å². The van der Waals surface area contributed by atoms with Gasteiger partial charge in [-0.1, -0.05) is 12.1 Å². The number of fused-ring (bicyclic) bond motifs is 1. The van der Waals surface area contributed by atoms with Crippen molar-refractivity contribution in [3.05, 3.63) is 34.9 Å². The maximum atomic E-state index is 12.0.